The number of benzene rings is 1. The van der Waals surface area contributed by atoms with Gasteiger partial charge in [0, 0.05) is 24.2 Å². The fourth-order valence-corrected chi connectivity index (χ4v) is 4.08. The smallest absolute Gasteiger partial charge is 0.264 e. The number of thiophene rings is 1. The van der Waals surface area contributed by atoms with Crippen molar-refractivity contribution in [2.45, 2.75) is 26.6 Å². The molecule has 0 atom stereocenters. The second-order valence-electron chi connectivity index (χ2n) is 5.98. The topological polar surface area (TPSA) is 47.4 Å². The highest BCUT2D eigenvalue weighted by Gasteiger charge is 2.18. The third-order valence-corrected chi connectivity index (χ3v) is 5.86. The van der Waals surface area contributed by atoms with E-state index in [9.17, 15) is 4.79 Å². The molecule has 2 aromatic heterocycles. The fraction of sp³-hybridized carbons (Fsp3) is 0.263. The largest absolute Gasteiger partial charge is 0.489 e. The maximum absolute atomic E-state index is 12.7. The molecule has 142 valence electrons. The molecule has 1 amide bonds. The molecule has 0 unspecified atom stereocenters. The van der Waals surface area contributed by atoms with Gasteiger partial charge in [-0.05, 0) is 52.5 Å². The quantitative estimate of drug-likeness (QED) is 0.477. The number of amides is 1. The minimum Gasteiger partial charge on any atom is -0.489 e. The maximum Gasteiger partial charge on any atom is 0.264 e. The number of hydrogen-bond donors (Lipinski definition) is 0. The summed E-state index contributed by atoms with van der Waals surface area (Å²) in [4.78, 5) is 15.1. The van der Waals surface area contributed by atoms with E-state index in [1.54, 1.807) is 30.3 Å². The van der Waals surface area contributed by atoms with Crippen LogP contribution in [0.2, 0.25) is 5.02 Å². The maximum atomic E-state index is 12.7. The molecule has 3 aromatic rings. The van der Waals surface area contributed by atoms with Crippen molar-refractivity contribution in [3.63, 3.8) is 0 Å². The number of rotatable bonds is 7. The monoisotopic (exact) mass is 467 g/mol. The summed E-state index contributed by atoms with van der Waals surface area (Å²) in [7, 11) is 1.80. The highest BCUT2D eigenvalue weighted by molar-refractivity contribution is 9.10. The minimum atomic E-state index is -0.0234. The van der Waals surface area contributed by atoms with Crippen LogP contribution in [0.25, 0.3) is 0 Å². The van der Waals surface area contributed by atoms with E-state index in [-0.39, 0.29) is 5.91 Å². The lowest BCUT2D eigenvalue weighted by atomic mass is 10.3. The second-order valence-corrected chi connectivity index (χ2v) is 8.18. The summed E-state index contributed by atoms with van der Waals surface area (Å²) in [6, 6.07) is 9.14. The Morgan fingerprint density at radius 3 is 2.96 bits per heavy atom. The summed E-state index contributed by atoms with van der Waals surface area (Å²) in [5.41, 5.74) is 1.94. The number of hydrogen-bond acceptors (Lipinski definition) is 4. The highest BCUT2D eigenvalue weighted by atomic mass is 79.9. The predicted molar refractivity (Wildman–Crippen MR) is 112 cm³/mol. The molecule has 0 saturated carbocycles. The molecule has 0 N–H and O–H groups in total. The first-order valence-electron chi connectivity index (χ1n) is 8.39. The van der Waals surface area contributed by atoms with Crippen LogP contribution in [0.5, 0.6) is 5.75 Å². The van der Waals surface area contributed by atoms with E-state index in [1.807, 2.05) is 35.2 Å². The van der Waals surface area contributed by atoms with Gasteiger partial charge in [-0.1, -0.05) is 17.7 Å². The number of nitrogens with zero attached hydrogens (tertiary/aromatic N) is 3. The van der Waals surface area contributed by atoms with Crippen LogP contribution in [0.4, 0.5) is 0 Å². The number of ether oxygens (including phenoxy) is 1. The van der Waals surface area contributed by atoms with E-state index in [0.717, 1.165) is 22.3 Å². The molecule has 1 aromatic carbocycles. The van der Waals surface area contributed by atoms with Gasteiger partial charge in [0.1, 0.15) is 12.4 Å². The van der Waals surface area contributed by atoms with Crippen molar-refractivity contribution in [1.29, 1.82) is 0 Å². The van der Waals surface area contributed by atoms with Gasteiger partial charge in [0.15, 0.2) is 0 Å². The summed E-state index contributed by atoms with van der Waals surface area (Å²) >= 11 is 10.9. The lowest BCUT2D eigenvalue weighted by Gasteiger charge is -2.17. The number of carbonyl (C=O) groups excluding carboxylic acids is 1. The Hall–Kier alpha value is -1.83. The van der Waals surface area contributed by atoms with Gasteiger partial charge in [-0.2, -0.15) is 5.10 Å². The van der Waals surface area contributed by atoms with E-state index in [4.69, 9.17) is 16.3 Å². The molecule has 8 heteroatoms. The predicted octanol–water partition coefficient (Wildman–Crippen LogP) is 5.23. The normalized spacial score (nSPS) is 10.8. The molecule has 0 aliphatic carbocycles. The van der Waals surface area contributed by atoms with Crippen LogP contribution in [-0.2, 0) is 19.7 Å². The van der Waals surface area contributed by atoms with Crippen molar-refractivity contribution in [3.05, 3.63) is 67.5 Å². The molecule has 5 nitrogen and oxygen atoms in total. The molecular formula is C19H19BrClN3O2S. The molecule has 0 aliphatic rings. The Morgan fingerprint density at radius 1 is 1.41 bits per heavy atom. The fourth-order valence-electron chi connectivity index (χ4n) is 2.59. The van der Waals surface area contributed by atoms with Gasteiger partial charge < -0.3 is 9.64 Å². The molecule has 27 heavy (non-hydrogen) atoms. The summed E-state index contributed by atoms with van der Waals surface area (Å²) < 4.78 is 8.53. The van der Waals surface area contributed by atoms with Crippen LogP contribution in [0.15, 0.2) is 46.4 Å². The van der Waals surface area contributed by atoms with Gasteiger partial charge in [0.05, 0.1) is 27.8 Å². The molecular weight excluding hydrogens is 450 g/mol. The van der Waals surface area contributed by atoms with Gasteiger partial charge in [-0.25, -0.2) is 0 Å². The zero-order valence-electron chi connectivity index (χ0n) is 15.0. The van der Waals surface area contributed by atoms with Crippen molar-refractivity contribution in [2.24, 2.45) is 0 Å². The van der Waals surface area contributed by atoms with Crippen molar-refractivity contribution < 1.29 is 9.53 Å². The number of aryl methyl sites for hydroxylation is 1. The van der Waals surface area contributed by atoms with Gasteiger partial charge in [-0.15, -0.1) is 11.3 Å². The zero-order valence-corrected chi connectivity index (χ0v) is 18.1. The standard InChI is InChI=1S/C19H19BrClN3O2S/c1-3-24-17(16(20)9-22-24)10-23(2)19(25)18-7-13(12-27-18)11-26-15-6-4-5-14(21)8-15/h4-9,12H,3,10-11H2,1-2H3. The average molecular weight is 469 g/mol. The van der Waals surface area contributed by atoms with E-state index in [2.05, 4.69) is 21.0 Å². The van der Waals surface area contributed by atoms with Crippen LogP contribution < -0.4 is 4.74 Å². The van der Waals surface area contributed by atoms with Crippen molar-refractivity contribution >= 4 is 44.8 Å². The number of aromatic nitrogens is 2. The Kier molecular flexibility index (Phi) is 6.57. The van der Waals surface area contributed by atoms with E-state index >= 15 is 0 Å². The van der Waals surface area contributed by atoms with Crippen LogP contribution in [0.1, 0.15) is 27.9 Å². The average Bonchev–Trinajstić information content (AvgIpc) is 3.27. The van der Waals surface area contributed by atoms with Gasteiger partial charge >= 0.3 is 0 Å². The van der Waals surface area contributed by atoms with E-state index < -0.39 is 0 Å². The lowest BCUT2D eigenvalue weighted by Crippen LogP contribution is -2.27. The first-order valence-corrected chi connectivity index (χ1v) is 10.4. The summed E-state index contributed by atoms with van der Waals surface area (Å²) in [6.07, 6.45) is 1.76. The van der Waals surface area contributed by atoms with Gasteiger partial charge in [0.25, 0.3) is 5.91 Å². The van der Waals surface area contributed by atoms with Crippen molar-refractivity contribution in [1.82, 2.24) is 14.7 Å². The van der Waals surface area contributed by atoms with Crippen LogP contribution >= 0.6 is 38.9 Å². The third-order valence-electron chi connectivity index (χ3n) is 4.00. The number of carbonyl (C=O) groups is 1. The first kappa shape index (κ1) is 19.9. The van der Waals surface area contributed by atoms with Crippen molar-refractivity contribution in [2.75, 3.05) is 7.05 Å². The highest BCUT2D eigenvalue weighted by Crippen LogP contribution is 2.23. The second kappa shape index (κ2) is 8.91. The Labute approximate surface area is 175 Å². The Morgan fingerprint density at radius 2 is 2.22 bits per heavy atom. The molecule has 0 saturated heterocycles. The molecule has 0 fully saturated rings. The first-order chi connectivity index (χ1) is 13.0. The van der Waals surface area contributed by atoms with E-state index in [1.165, 1.54) is 11.3 Å². The van der Waals surface area contributed by atoms with Crippen molar-refractivity contribution in [3.8, 4) is 5.75 Å². The molecule has 0 radical (unpaired) electrons. The minimum absolute atomic E-state index is 0.0234. The Bertz CT molecular complexity index is 941. The SMILES string of the molecule is CCn1ncc(Br)c1CN(C)C(=O)c1cc(COc2cccc(Cl)c2)cs1. The number of halogens is 2. The molecule has 2 heterocycles. The molecule has 3 rings (SSSR count). The van der Waals surface area contributed by atoms with Crippen LogP contribution in [0.3, 0.4) is 0 Å². The molecule has 0 spiro atoms. The summed E-state index contributed by atoms with van der Waals surface area (Å²) in [6.45, 7) is 3.66. The van der Waals surface area contributed by atoms with Crippen LogP contribution in [-0.4, -0.2) is 27.6 Å². The lowest BCUT2D eigenvalue weighted by molar-refractivity contribution is 0.0786. The zero-order chi connectivity index (χ0) is 19.4. The molecule has 0 bridgehead atoms. The Balaban J connectivity index is 1.63. The molecule has 0 aliphatic heterocycles. The summed E-state index contributed by atoms with van der Waals surface area (Å²) in [5, 5.41) is 6.87. The van der Waals surface area contributed by atoms with Gasteiger partial charge in [0.2, 0.25) is 0 Å². The summed E-state index contributed by atoms with van der Waals surface area (Å²) in [5.74, 6) is 0.682. The van der Waals surface area contributed by atoms with E-state index in [0.29, 0.717) is 28.8 Å². The third kappa shape index (κ3) is 4.91. The van der Waals surface area contributed by atoms with Crippen LogP contribution in [0, 0.1) is 0 Å². The van der Waals surface area contributed by atoms with Gasteiger partial charge in [-0.3, -0.25) is 9.48 Å².